The highest BCUT2D eigenvalue weighted by atomic mass is 32.2. The highest BCUT2D eigenvalue weighted by Gasteiger charge is 2.53. The van der Waals surface area contributed by atoms with Crippen molar-refractivity contribution >= 4 is 29.2 Å². The monoisotopic (exact) mass is 934 g/mol. The first-order valence-corrected chi connectivity index (χ1v) is 26.4. The summed E-state index contributed by atoms with van der Waals surface area (Å²) in [5.74, 6) is 3.02. The van der Waals surface area contributed by atoms with Crippen LogP contribution in [-0.2, 0) is 17.6 Å². The Kier molecular flexibility index (Phi) is 15.5. The zero-order chi connectivity index (χ0) is 46.6. The van der Waals surface area contributed by atoms with Crippen LogP contribution >= 0.6 is 11.8 Å². The van der Waals surface area contributed by atoms with Crippen molar-refractivity contribution in [1.29, 1.82) is 5.26 Å². The molecule has 3 aromatic rings. The first kappa shape index (κ1) is 47.9. The van der Waals surface area contributed by atoms with E-state index in [0.717, 1.165) is 120 Å². The van der Waals surface area contributed by atoms with E-state index >= 15 is 0 Å². The average Bonchev–Trinajstić information content (AvgIpc) is 4.16. The number of anilines is 1. The summed E-state index contributed by atoms with van der Waals surface area (Å²) in [5.41, 5.74) is 13.2. The molecule has 7 aliphatic rings. The molecule has 362 valence electrons. The summed E-state index contributed by atoms with van der Waals surface area (Å²) in [7, 11) is 0. The number of benzene rings is 2. The maximum atomic E-state index is 13.2. The Labute approximate surface area is 404 Å². The largest absolute Gasteiger partial charge is 0.490 e. The second-order valence-corrected chi connectivity index (χ2v) is 21.2. The minimum atomic E-state index is -0.170. The predicted molar refractivity (Wildman–Crippen MR) is 268 cm³/mol. The summed E-state index contributed by atoms with van der Waals surface area (Å²) >= 11 is 2.12. The number of carbonyl (C=O) groups is 1. The lowest BCUT2D eigenvalue weighted by Gasteiger charge is -2.43. The van der Waals surface area contributed by atoms with Crippen LogP contribution in [0.5, 0.6) is 5.75 Å². The van der Waals surface area contributed by atoms with Crippen molar-refractivity contribution in [2.24, 2.45) is 22.7 Å². The molecular weight excluding hydrogens is 859 g/mol. The molecule has 0 spiro atoms. The Balaban J connectivity index is 0.00000206. The van der Waals surface area contributed by atoms with Gasteiger partial charge in [0.25, 0.3) is 5.91 Å². The number of ether oxygens (including phenoxy) is 2. The number of amides is 1. The number of rotatable bonds is 13. The van der Waals surface area contributed by atoms with Crippen LogP contribution in [0.3, 0.4) is 0 Å². The minimum absolute atomic E-state index is 0. The van der Waals surface area contributed by atoms with Crippen LogP contribution in [0.25, 0.3) is 0 Å². The third-order valence-corrected chi connectivity index (χ3v) is 17.1. The number of aliphatic imine (C=N–C) groups is 1. The normalized spacial score (nSPS) is 32.0. The lowest BCUT2D eigenvalue weighted by molar-refractivity contribution is 0.0616. The van der Waals surface area contributed by atoms with Gasteiger partial charge in [-0.25, -0.2) is 10.9 Å². The van der Waals surface area contributed by atoms with Gasteiger partial charge in [-0.1, -0.05) is 65.3 Å². The molecule has 10 rings (SSSR count). The predicted octanol–water partition coefficient (Wildman–Crippen LogP) is 6.75. The van der Waals surface area contributed by atoms with Gasteiger partial charge < -0.3 is 19.7 Å². The molecule has 6 aliphatic heterocycles. The summed E-state index contributed by atoms with van der Waals surface area (Å²) in [6.07, 6.45) is 8.79. The molecule has 7 heterocycles. The smallest absolute Gasteiger partial charge is 0.272 e. The molecule has 1 aromatic heterocycles. The molecule has 67 heavy (non-hydrogen) atoms. The number of carbonyl (C=O) groups excluding carboxylic acids is 1. The van der Waals surface area contributed by atoms with Gasteiger partial charge in [0.1, 0.15) is 12.0 Å². The Morgan fingerprint density at radius 1 is 1.00 bits per heavy atom. The van der Waals surface area contributed by atoms with Crippen LogP contribution in [0, 0.1) is 29.1 Å². The number of hydrogen-bond acceptors (Lipinski definition) is 14. The number of nitriles is 1. The van der Waals surface area contributed by atoms with Crippen LogP contribution < -0.4 is 31.1 Å². The molecule has 15 heteroatoms. The van der Waals surface area contributed by atoms with E-state index in [1.54, 1.807) is 0 Å². The summed E-state index contributed by atoms with van der Waals surface area (Å²) in [4.78, 5) is 26.5. The van der Waals surface area contributed by atoms with Gasteiger partial charge in [0.05, 0.1) is 48.1 Å². The van der Waals surface area contributed by atoms with E-state index in [1.165, 1.54) is 16.8 Å². The van der Waals surface area contributed by atoms with Crippen LogP contribution in [-0.4, -0.2) is 124 Å². The Hall–Kier alpha value is -4.14. The van der Waals surface area contributed by atoms with Gasteiger partial charge in [0.2, 0.25) is 0 Å². The first-order valence-electron chi connectivity index (χ1n) is 25.5. The van der Waals surface area contributed by atoms with Gasteiger partial charge >= 0.3 is 0 Å². The van der Waals surface area contributed by atoms with Gasteiger partial charge in [0, 0.05) is 69.5 Å². The summed E-state index contributed by atoms with van der Waals surface area (Å²) < 4.78 is 12.4. The molecule has 1 saturated carbocycles. The fourth-order valence-electron chi connectivity index (χ4n) is 11.6. The van der Waals surface area contributed by atoms with E-state index in [4.69, 9.17) is 14.5 Å². The van der Waals surface area contributed by atoms with Gasteiger partial charge in [-0.15, -0.1) is 22.0 Å². The maximum Gasteiger partial charge on any atom is 0.272 e. The van der Waals surface area contributed by atoms with Crippen LogP contribution in [0.2, 0.25) is 0 Å². The number of fused-ring (bicyclic) bond motifs is 3. The number of nitrogens with one attached hydrogen (secondary N) is 4. The Bertz CT molecular complexity index is 2210. The molecule has 9 atom stereocenters. The van der Waals surface area contributed by atoms with E-state index in [1.807, 2.05) is 44.2 Å². The van der Waals surface area contributed by atoms with E-state index in [-0.39, 0.29) is 44.1 Å². The van der Waals surface area contributed by atoms with E-state index in [2.05, 4.69) is 116 Å². The zero-order valence-corrected chi connectivity index (χ0v) is 41.3. The topological polar surface area (TPSA) is 155 Å². The first-order chi connectivity index (χ1) is 32.7. The van der Waals surface area contributed by atoms with Gasteiger partial charge in [-0.05, 0) is 111 Å². The van der Waals surface area contributed by atoms with Crippen molar-refractivity contribution in [2.45, 2.75) is 153 Å². The summed E-state index contributed by atoms with van der Waals surface area (Å²) in [5, 5.41) is 26.0. The van der Waals surface area contributed by atoms with Crippen molar-refractivity contribution in [3.05, 3.63) is 82.5 Å². The van der Waals surface area contributed by atoms with E-state index in [0.29, 0.717) is 40.1 Å². The van der Waals surface area contributed by atoms with E-state index in [9.17, 15) is 10.1 Å². The Morgan fingerprint density at radius 2 is 1.81 bits per heavy atom. The van der Waals surface area contributed by atoms with Crippen molar-refractivity contribution in [2.75, 3.05) is 44.2 Å². The molecule has 0 bridgehead atoms. The van der Waals surface area contributed by atoms with Gasteiger partial charge in [0.15, 0.2) is 11.5 Å². The fraction of sp³-hybridized carbons (Fsp3) is 0.635. The third kappa shape index (κ3) is 10.6. The SMILES string of the molecule is CC.CCCc1cc(OC2CCC(NC(=O)c3ccc(N4CC[C@H](N5CC(Cc6ccc(C7=N[C@@H](CC8NCCO8)C8NNC(C)N8C8SC(C)C(C)C78)cc6)C5)C4)nn3)CC2)ccc1C#N.[HH]. The number of likely N-dealkylation sites (tertiary alicyclic amines) is 1. The number of hydrazine groups is 1. The minimum Gasteiger partial charge on any atom is -0.490 e. The molecule has 5 saturated heterocycles. The molecule has 6 fully saturated rings. The van der Waals surface area contributed by atoms with Gasteiger partial charge in [-0.2, -0.15) is 5.26 Å². The molecule has 14 nitrogen and oxygen atoms in total. The highest BCUT2D eigenvalue weighted by Crippen LogP contribution is 2.49. The van der Waals surface area contributed by atoms with Crippen molar-refractivity contribution in [1.82, 2.24) is 41.5 Å². The lowest BCUT2D eigenvalue weighted by atomic mass is 9.83. The fourth-order valence-corrected chi connectivity index (χ4v) is 13.4. The quantitative estimate of drug-likeness (QED) is 0.143. The molecule has 1 amide bonds. The van der Waals surface area contributed by atoms with Crippen molar-refractivity contribution in [3.8, 4) is 11.8 Å². The standard InChI is InChI=1S/C50H67N11O3S.C2H6.H2/c1-5-6-36-24-41(14-11-37(36)26-51)64-40-15-12-38(13-16-40)53-49(62)42-17-18-44(57-56-42)59-21-19-39(29-59)60-27-34(28-60)23-33-7-9-35(10-8-33)47-46-30(2)31(3)65-50(46)61-32(4)55-58-48(61)43(54-47)25-45-52-20-22-63-45;1-2;/h7-11,14,17-18,24,30-32,34,38-40,43,45-46,48,50,52,55,58H,5-6,12-13,15-16,19-23,25,27-29H2,1-4H3,(H,53,62);1-2H3;1H/t30?,31?,32?,38?,39-,40?,43-,45?,46?,48?,50?;;/m0../s1. The second kappa shape index (κ2) is 21.7. The van der Waals surface area contributed by atoms with Crippen molar-refractivity contribution in [3.63, 3.8) is 0 Å². The van der Waals surface area contributed by atoms with E-state index < -0.39 is 0 Å². The number of aryl methyl sites for hydroxylation is 1. The molecule has 1 aliphatic carbocycles. The van der Waals surface area contributed by atoms with Crippen LogP contribution in [0.1, 0.15) is 121 Å². The average molecular weight is 934 g/mol. The number of nitrogens with zero attached hydrogens (tertiary/aromatic N) is 7. The maximum absolute atomic E-state index is 13.2. The highest BCUT2D eigenvalue weighted by molar-refractivity contribution is 8.00. The Morgan fingerprint density at radius 3 is 2.52 bits per heavy atom. The molecule has 7 unspecified atom stereocenters. The van der Waals surface area contributed by atoms with Crippen molar-refractivity contribution < 1.29 is 15.7 Å². The van der Waals surface area contributed by atoms with Gasteiger partial charge in [-0.3, -0.25) is 24.9 Å². The molecule has 2 aromatic carbocycles. The summed E-state index contributed by atoms with van der Waals surface area (Å²) in [6.45, 7) is 19.0. The van der Waals surface area contributed by atoms with Crippen LogP contribution in [0.4, 0.5) is 5.82 Å². The molecule has 0 radical (unpaired) electrons. The lowest BCUT2D eigenvalue weighted by Crippen LogP contribution is -2.53. The second-order valence-electron chi connectivity index (χ2n) is 19.7. The summed E-state index contributed by atoms with van der Waals surface area (Å²) in [6, 6.07) is 21.9. The number of aromatic nitrogens is 2. The third-order valence-electron chi connectivity index (χ3n) is 15.4. The number of thioether (sulfide) groups is 1. The molecular formula is C52H75N11O3S. The van der Waals surface area contributed by atoms with Crippen LogP contribution in [0.15, 0.2) is 59.6 Å². The zero-order valence-electron chi connectivity index (χ0n) is 40.5. The number of hydrogen-bond donors (Lipinski definition) is 4. The molecule has 4 N–H and O–H groups in total.